The number of aliphatic hydroxyl groups excluding tert-OH is 1. The van der Waals surface area contributed by atoms with Gasteiger partial charge in [-0.1, -0.05) is 11.2 Å². The molecule has 2 aromatic rings. The monoisotopic (exact) mass is 413 g/mol. The normalized spacial score (nSPS) is 13.1. The van der Waals surface area contributed by atoms with Crippen molar-refractivity contribution in [1.29, 1.82) is 0 Å². The molecule has 0 aliphatic heterocycles. The molecule has 2 amide bonds. The molecule has 2 rings (SSSR count). The zero-order chi connectivity index (χ0) is 20.9. The van der Waals surface area contributed by atoms with Crippen LogP contribution in [-0.4, -0.2) is 35.5 Å². The number of ether oxygens (including phenoxy) is 1. The first-order valence-corrected chi connectivity index (χ1v) is 7.52. The third kappa shape index (κ3) is 6.33. The second-order valence-electron chi connectivity index (χ2n) is 5.40. The van der Waals surface area contributed by atoms with Crippen LogP contribution in [0.2, 0.25) is 0 Å². The molecule has 3 N–H and O–H groups in total. The molecule has 1 unspecified atom stereocenters. The summed E-state index contributed by atoms with van der Waals surface area (Å²) >= 11 is 0. The van der Waals surface area contributed by atoms with E-state index in [2.05, 4.69) is 15.0 Å². The van der Waals surface area contributed by atoms with Crippen LogP contribution in [0, 0.1) is 0 Å². The van der Waals surface area contributed by atoms with Gasteiger partial charge in [-0.05, 0) is 18.2 Å². The molecule has 7 nitrogen and oxygen atoms in total. The lowest BCUT2D eigenvalue weighted by Crippen LogP contribution is -2.37. The van der Waals surface area contributed by atoms with E-state index in [1.165, 1.54) is 6.07 Å². The van der Waals surface area contributed by atoms with Crippen LogP contribution in [-0.2, 0) is 12.4 Å². The van der Waals surface area contributed by atoms with E-state index in [1.807, 2.05) is 5.32 Å². The van der Waals surface area contributed by atoms with Crippen LogP contribution in [0.5, 0.6) is 5.75 Å². The molecule has 0 saturated carbocycles. The first-order valence-electron chi connectivity index (χ1n) is 7.52. The number of hydrogen-bond donors (Lipinski definition) is 3. The molecule has 0 bridgehead atoms. The number of anilines is 1. The SMILES string of the molecule is O=C(NCC(O)COc1cccc(C(F)(F)F)c1)Nc1cc(C(F)(F)F)no1. The van der Waals surface area contributed by atoms with Crippen molar-refractivity contribution in [2.45, 2.75) is 18.5 Å². The first kappa shape index (κ1) is 21.3. The van der Waals surface area contributed by atoms with Crippen LogP contribution in [0.15, 0.2) is 34.9 Å². The van der Waals surface area contributed by atoms with E-state index in [0.717, 1.165) is 18.2 Å². The molecule has 13 heteroatoms. The third-order valence-electron chi connectivity index (χ3n) is 3.14. The van der Waals surface area contributed by atoms with Gasteiger partial charge >= 0.3 is 18.4 Å². The lowest BCUT2D eigenvalue weighted by molar-refractivity contribution is -0.142. The fraction of sp³-hybridized carbons (Fsp3) is 0.333. The standard InChI is InChI=1S/C15H13F6N3O4/c16-14(17,18)8-2-1-3-10(4-8)27-7-9(25)6-22-13(26)23-12-5-11(24-28-12)15(19,20)21/h1-5,9,25H,6-7H2,(H2,22,23,26). The Kier molecular flexibility index (Phi) is 6.38. The number of hydrogen-bond acceptors (Lipinski definition) is 5. The fourth-order valence-electron chi connectivity index (χ4n) is 1.85. The van der Waals surface area contributed by atoms with Crippen molar-refractivity contribution in [3.8, 4) is 5.75 Å². The minimum atomic E-state index is -4.74. The number of rotatable bonds is 6. The molecule has 28 heavy (non-hydrogen) atoms. The molecule has 1 aromatic carbocycles. The molecular formula is C15H13F6N3O4. The van der Waals surface area contributed by atoms with Crippen LogP contribution in [0.25, 0.3) is 0 Å². The van der Waals surface area contributed by atoms with Crippen LogP contribution in [0.3, 0.4) is 0 Å². The number of halogens is 6. The van der Waals surface area contributed by atoms with Crippen molar-refractivity contribution < 1.29 is 45.5 Å². The van der Waals surface area contributed by atoms with Crippen molar-refractivity contribution in [2.75, 3.05) is 18.5 Å². The second kappa shape index (κ2) is 8.37. The molecule has 0 saturated heterocycles. The summed E-state index contributed by atoms with van der Waals surface area (Å²) in [6.07, 6.45) is -10.6. The van der Waals surface area contributed by atoms with Crippen LogP contribution < -0.4 is 15.4 Å². The number of benzene rings is 1. The van der Waals surface area contributed by atoms with Gasteiger partial charge in [0.25, 0.3) is 0 Å². The van der Waals surface area contributed by atoms with Gasteiger partial charge in [-0.15, -0.1) is 0 Å². The van der Waals surface area contributed by atoms with Gasteiger partial charge in [-0.3, -0.25) is 5.32 Å². The minimum absolute atomic E-state index is 0.139. The van der Waals surface area contributed by atoms with Crippen molar-refractivity contribution in [3.05, 3.63) is 41.6 Å². The highest BCUT2D eigenvalue weighted by Gasteiger charge is 2.35. The Bertz CT molecular complexity index is 806. The van der Waals surface area contributed by atoms with Crippen molar-refractivity contribution in [3.63, 3.8) is 0 Å². The first-order chi connectivity index (χ1) is 12.9. The second-order valence-corrected chi connectivity index (χ2v) is 5.40. The number of alkyl halides is 6. The molecule has 0 radical (unpaired) electrons. The Hall–Kier alpha value is -2.96. The van der Waals surface area contributed by atoms with Gasteiger partial charge in [0, 0.05) is 12.6 Å². The smallest absolute Gasteiger partial charge is 0.436 e. The van der Waals surface area contributed by atoms with Crippen LogP contribution in [0.4, 0.5) is 37.0 Å². The van der Waals surface area contributed by atoms with Gasteiger partial charge in [-0.2, -0.15) is 26.3 Å². The summed E-state index contributed by atoms with van der Waals surface area (Å²) < 4.78 is 84.1. The molecule has 154 valence electrons. The lowest BCUT2D eigenvalue weighted by atomic mass is 10.2. The number of amides is 2. The molecule has 1 aromatic heterocycles. The molecule has 0 aliphatic carbocycles. The Morgan fingerprint density at radius 3 is 2.50 bits per heavy atom. The van der Waals surface area contributed by atoms with E-state index in [4.69, 9.17) is 4.74 Å². The van der Waals surface area contributed by atoms with Gasteiger partial charge in [0.05, 0.1) is 5.56 Å². The van der Waals surface area contributed by atoms with Gasteiger partial charge in [0.1, 0.15) is 18.5 Å². The number of urea groups is 1. The Morgan fingerprint density at radius 2 is 1.89 bits per heavy atom. The lowest BCUT2D eigenvalue weighted by Gasteiger charge is -2.14. The highest BCUT2D eigenvalue weighted by atomic mass is 19.4. The number of carbonyl (C=O) groups is 1. The quantitative estimate of drug-likeness (QED) is 0.632. The summed E-state index contributed by atoms with van der Waals surface area (Å²) in [5, 5.41) is 16.5. The zero-order valence-corrected chi connectivity index (χ0v) is 13.8. The summed E-state index contributed by atoms with van der Waals surface area (Å²) in [6.45, 7) is -0.840. The molecule has 1 heterocycles. The Balaban J connectivity index is 1.77. The predicted molar refractivity (Wildman–Crippen MR) is 81.5 cm³/mol. The summed E-state index contributed by atoms with van der Waals surface area (Å²) in [7, 11) is 0. The highest BCUT2D eigenvalue weighted by molar-refractivity contribution is 5.87. The van der Waals surface area contributed by atoms with E-state index < -0.39 is 54.8 Å². The van der Waals surface area contributed by atoms with E-state index in [-0.39, 0.29) is 5.75 Å². The zero-order valence-electron chi connectivity index (χ0n) is 13.8. The van der Waals surface area contributed by atoms with E-state index in [1.54, 1.807) is 0 Å². The molecule has 0 aliphatic rings. The van der Waals surface area contributed by atoms with Crippen molar-refractivity contribution >= 4 is 11.9 Å². The molecule has 1 atom stereocenters. The molecule has 0 fully saturated rings. The predicted octanol–water partition coefficient (Wildman–Crippen LogP) is 3.27. The molecule has 0 spiro atoms. The van der Waals surface area contributed by atoms with E-state index in [9.17, 15) is 36.2 Å². The number of aromatic nitrogens is 1. The topological polar surface area (TPSA) is 96.6 Å². The van der Waals surface area contributed by atoms with Gasteiger partial charge in [0.2, 0.25) is 5.88 Å². The molecular weight excluding hydrogens is 400 g/mol. The minimum Gasteiger partial charge on any atom is -0.491 e. The van der Waals surface area contributed by atoms with Gasteiger partial charge in [-0.25, -0.2) is 4.79 Å². The summed E-state index contributed by atoms with van der Waals surface area (Å²) in [6, 6.07) is 3.44. The maximum absolute atomic E-state index is 12.6. The third-order valence-corrected chi connectivity index (χ3v) is 3.14. The largest absolute Gasteiger partial charge is 0.491 e. The average molecular weight is 413 g/mol. The highest BCUT2D eigenvalue weighted by Crippen LogP contribution is 2.31. The maximum atomic E-state index is 12.6. The van der Waals surface area contributed by atoms with Gasteiger partial charge in [0.15, 0.2) is 5.69 Å². The number of carbonyl (C=O) groups excluding carboxylic acids is 1. The number of aliphatic hydroxyl groups is 1. The van der Waals surface area contributed by atoms with Gasteiger partial charge < -0.3 is 19.7 Å². The van der Waals surface area contributed by atoms with Crippen LogP contribution in [0.1, 0.15) is 11.3 Å². The Labute approximate surface area is 153 Å². The summed E-state index contributed by atoms with van der Waals surface area (Å²) in [4.78, 5) is 11.5. The maximum Gasteiger partial charge on any atom is 0.436 e. The number of nitrogens with zero attached hydrogens (tertiary/aromatic N) is 1. The van der Waals surface area contributed by atoms with Crippen LogP contribution >= 0.6 is 0 Å². The van der Waals surface area contributed by atoms with Crippen molar-refractivity contribution in [2.24, 2.45) is 0 Å². The van der Waals surface area contributed by atoms with Crippen molar-refractivity contribution in [1.82, 2.24) is 10.5 Å². The summed E-state index contributed by atoms with van der Waals surface area (Å²) in [5.41, 5.74) is -2.26. The number of nitrogens with one attached hydrogen (secondary N) is 2. The van der Waals surface area contributed by atoms with E-state index >= 15 is 0 Å². The fourth-order valence-corrected chi connectivity index (χ4v) is 1.85. The Morgan fingerprint density at radius 1 is 1.18 bits per heavy atom. The average Bonchev–Trinajstić information content (AvgIpc) is 3.06. The van der Waals surface area contributed by atoms with E-state index in [0.29, 0.717) is 6.07 Å². The summed E-state index contributed by atoms with van der Waals surface area (Å²) in [5.74, 6) is -0.709.